The molecule has 27 heavy (non-hydrogen) atoms. The number of rotatable bonds is 5. The number of hydrogen-bond acceptors (Lipinski definition) is 3. The van der Waals surface area contributed by atoms with Gasteiger partial charge in [0.05, 0.1) is 11.1 Å². The number of hydrogen-bond donors (Lipinski definition) is 1. The standard InChI is InChI=1S/C20H23ClN2O3S/c1-15(16-8-4-2-5-9-16)22-20(24)17-10-11-18(21)19(14-17)27(25,26)23-12-6-3-7-13-23/h2,4-5,8-11,14-15H,3,6-7,12-13H2,1H3,(H,22,24)/t15-/m1/s1. The molecule has 0 spiro atoms. The maximum atomic E-state index is 12.9. The van der Waals surface area contributed by atoms with E-state index in [0.717, 1.165) is 24.8 Å². The largest absolute Gasteiger partial charge is 0.346 e. The van der Waals surface area contributed by atoms with Gasteiger partial charge in [0.1, 0.15) is 4.90 Å². The van der Waals surface area contributed by atoms with Crippen molar-refractivity contribution < 1.29 is 13.2 Å². The molecular formula is C20H23ClN2O3S. The first-order valence-corrected chi connectivity index (χ1v) is 10.9. The van der Waals surface area contributed by atoms with Gasteiger partial charge >= 0.3 is 0 Å². The van der Waals surface area contributed by atoms with Crippen LogP contribution in [-0.4, -0.2) is 31.7 Å². The Morgan fingerprint density at radius 3 is 2.41 bits per heavy atom. The maximum Gasteiger partial charge on any atom is 0.251 e. The van der Waals surface area contributed by atoms with E-state index in [2.05, 4.69) is 5.32 Å². The highest BCUT2D eigenvalue weighted by atomic mass is 35.5. The fourth-order valence-electron chi connectivity index (χ4n) is 3.19. The molecule has 3 rings (SSSR count). The molecule has 1 heterocycles. The van der Waals surface area contributed by atoms with E-state index in [4.69, 9.17) is 11.6 Å². The minimum atomic E-state index is -3.71. The third kappa shape index (κ3) is 4.51. The van der Waals surface area contributed by atoms with Crippen LogP contribution in [0, 0.1) is 0 Å². The maximum absolute atomic E-state index is 12.9. The lowest BCUT2D eigenvalue weighted by molar-refractivity contribution is 0.0939. The zero-order valence-corrected chi connectivity index (χ0v) is 16.8. The molecule has 144 valence electrons. The molecule has 1 aliphatic rings. The highest BCUT2D eigenvalue weighted by molar-refractivity contribution is 7.89. The summed E-state index contributed by atoms with van der Waals surface area (Å²) in [5.74, 6) is -0.335. The van der Waals surface area contributed by atoms with Gasteiger partial charge in [-0.15, -0.1) is 0 Å². The van der Waals surface area contributed by atoms with Gasteiger partial charge in [0, 0.05) is 18.7 Å². The van der Waals surface area contributed by atoms with Crippen LogP contribution in [0.4, 0.5) is 0 Å². The van der Waals surface area contributed by atoms with E-state index < -0.39 is 10.0 Å². The lowest BCUT2D eigenvalue weighted by Gasteiger charge is -2.26. The van der Waals surface area contributed by atoms with Gasteiger partial charge in [0.2, 0.25) is 10.0 Å². The number of benzene rings is 2. The number of carbonyl (C=O) groups excluding carboxylic acids is 1. The molecule has 1 saturated heterocycles. The fraction of sp³-hybridized carbons (Fsp3) is 0.350. The van der Waals surface area contributed by atoms with Crippen LogP contribution in [0.1, 0.15) is 48.1 Å². The molecule has 0 unspecified atom stereocenters. The number of sulfonamides is 1. The van der Waals surface area contributed by atoms with Crippen LogP contribution in [-0.2, 0) is 10.0 Å². The van der Waals surface area contributed by atoms with E-state index in [0.29, 0.717) is 13.1 Å². The van der Waals surface area contributed by atoms with Crippen molar-refractivity contribution in [2.75, 3.05) is 13.1 Å². The van der Waals surface area contributed by atoms with E-state index in [9.17, 15) is 13.2 Å². The summed E-state index contributed by atoms with van der Waals surface area (Å²) in [5, 5.41) is 3.03. The number of carbonyl (C=O) groups is 1. The zero-order valence-electron chi connectivity index (χ0n) is 15.2. The molecule has 1 fully saturated rings. The molecule has 0 aromatic heterocycles. The van der Waals surface area contributed by atoms with Crippen molar-refractivity contribution >= 4 is 27.5 Å². The van der Waals surface area contributed by atoms with Crippen molar-refractivity contribution in [1.82, 2.24) is 9.62 Å². The smallest absolute Gasteiger partial charge is 0.251 e. The second kappa shape index (κ2) is 8.42. The summed E-state index contributed by atoms with van der Waals surface area (Å²) in [6, 6.07) is 13.8. The van der Waals surface area contributed by atoms with E-state index in [1.165, 1.54) is 16.4 Å². The first kappa shape index (κ1) is 19.9. The van der Waals surface area contributed by atoms with Crippen molar-refractivity contribution in [3.05, 3.63) is 64.7 Å². The van der Waals surface area contributed by atoms with Crippen LogP contribution < -0.4 is 5.32 Å². The first-order valence-electron chi connectivity index (χ1n) is 9.05. The Morgan fingerprint density at radius 1 is 1.07 bits per heavy atom. The normalized spacial score (nSPS) is 16.7. The predicted molar refractivity (Wildman–Crippen MR) is 106 cm³/mol. The molecule has 2 aromatic carbocycles. The van der Waals surface area contributed by atoms with Gasteiger partial charge in [-0.2, -0.15) is 4.31 Å². The summed E-state index contributed by atoms with van der Waals surface area (Å²) in [4.78, 5) is 12.6. The van der Waals surface area contributed by atoms with E-state index in [-0.39, 0.29) is 27.4 Å². The predicted octanol–water partition coefficient (Wildman–Crippen LogP) is 4.01. The summed E-state index contributed by atoms with van der Waals surface area (Å²) in [5.41, 5.74) is 1.25. The molecule has 1 N–H and O–H groups in total. The lowest BCUT2D eigenvalue weighted by Crippen LogP contribution is -2.36. The number of nitrogens with zero attached hydrogens (tertiary/aromatic N) is 1. The molecule has 0 radical (unpaired) electrons. The van der Waals surface area contributed by atoms with Gasteiger partial charge in [-0.05, 0) is 43.5 Å². The molecule has 0 saturated carbocycles. The Morgan fingerprint density at radius 2 is 1.74 bits per heavy atom. The summed E-state index contributed by atoms with van der Waals surface area (Å²) >= 11 is 6.17. The van der Waals surface area contributed by atoms with Crippen molar-refractivity contribution in [3.8, 4) is 0 Å². The quantitative estimate of drug-likeness (QED) is 0.815. The number of piperidine rings is 1. The number of amides is 1. The van der Waals surface area contributed by atoms with E-state index in [1.54, 1.807) is 6.07 Å². The van der Waals surface area contributed by atoms with Crippen LogP contribution in [0.25, 0.3) is 0 Å². The molecule has 0 aliphatic carbocycles. The van der Waals surface area contributed by atoms with E-state index in [1.807, 2.05) is 37.3 Å². The van der Waals surface area contributed by atoms with Crippen LogP contribution in [0.5, 0.6) is 0 Å². The Kier molecular flexibility index (Phi) is 6.19. The van der Waals surface area contributed by atoms with E-state index >= 15 is 0 Å². The summed E-state index contributed by atoms with van der Waals surface area (Å²) in [6.45, 7) is 2.86. The second-order valence-electron chi connectivity index (χ2n) is 6.72. The molecule has 1 amide bonds. The second-order valence-corrected chi connectivity index (χ2v) is 9.03. The van der Waals surface area contributed by atoms with Crippen LogP contribution in [0.2, 0.25) is 5.02 Å². The third-order valence-corrected chi connectivity index (χ3v) is 7.15. The van der Waals surface area contributed by atoms with Gasteiger partial charge in [0.15, 0.2) is 0 Å². The average Bonchev–Trinajstić information content (AvgIpc) is 2.69. The molecule has 1 atom stereocenters. The lowest BCUT2D eigenvalue weighted by atomic mass is 10.1. The fourth-order valence-corrected chi connectivity index (χ4v) is 5.21. The Bertz CT molecular complexity index is 910. The number of nitrogens with one attached hydrogen (secondary N) is 1. The van der Waals surface area contributed by atoms with Gasteiger partial charge < -0.3 is 5.32 Å². The van der Waals surface area contributed by atoms with Crippen LogP contribution in [0.3, 0.4) is 0 Å². The summed E-state index contributed by atoms with van der Waals surface area (Å²) in [7, 11) is -3.71. The van der Waals surface area contributed by atoms with Crippen LogP contribution in [0.15, 0.2) is 53.4 Å². The Labute approximate surface area is 165 Å². The Hall–Kier alpha value is -1.89. The molecule has 1 aliphatic heterocycles. The highest BCUT2D eigenvalue weighted by Crippen LogP contribution is 2.28. The molecule has 2 aromatic rings. The molecule has 5 nitrogen and oxygen atoms in total. The zero-order chi connectivity index (χ0) is 19.4. The van der Waals surface area contributed by atoms with Gasteiger partial charge in [-0.3, -0.25) is 4.79 Å². The van der Waals surface area contributed by atoms with Crippen molar-refractivity contribution in [2.45, 2.75) is 37.1 Å². The van der Waals surface area contributed by atoms with Crippen molar-refractivity contribution in [2.24, 2.45) is 0 Å². The first-order chi connectivity index (χ1) is 12.9. The highest BCUT2D eigenvalue weighted by Gasteiger charge is 2.28. The minimum absolute atomic E-state index is 0.00826. The topological polar surface area (TPSA) is 66.5 Å². The SMILES string of the molecule is C[C@@H](NC(=O)c1ccc(Cl)c(S(=O)(=O)N2CCCCC2)c1)c1ccccc1. The van der Waals surface area contributed by atoms with Crippen molar-refractivity contribution in [1.29, 1.82) is 0 Å². The van der Waals surface area contributed by atoms with Gasteiger partial charge in [0.25, 0.3) is 5.91 Å². The van der Waals surface area contributed by atoms with Gasteiger partial charge in [-0.25, -0.2) is 8.42 Å². The summed E-state index contributed by atoms with van der Waals surface area (Å²) < 4.78 is 27.3. The number of halogens is 1. The third-order valence-electron chi connectivity index (χ3n) is 4.77. The monoisotopic (exact) mass is 406 g/mol. The molecule has 0 bridgehead atoms. The Balaban J connectivity index is 1.83. The molecule has 7 heteroatoms. The van der Waals surface area contributed by atoms with Gasteiger partial charge in [-0.1, -0.05) is 48.4 Å². The van der Waals surface area contributed by atoms with Crippen LogP contribution >= 0.6 is 11.6 Å². The summed E-state index contributed by atoms with van der Waals surface area (Å²) in [6.07, 6.45) is 2.71. The van der Waals surface area contributed by atoms with Crippen molar-refractivity contribution in [3.63, 3.8) is 0 Å². The average molecular weight is 407 g/mol. The molecular weight excluding hydrogens is 384 g/mol. The minimum Gasteiger partial charge on any atom is -0.346 e.